The van der Waals surface area contributed by atoms with Crippen LogP contribution in [0.1, 0.15) is 20.8 Å². The lowest BCUT2D eigenvalue weighted by molar-refractivity contribution is -0.115. The first kappa shape index (κ1) is 21.3. The Bertz CT molecular complexity index is 1000. The average molecular weight is 427 g/mol. The lowest BCUT2D eigenvalue weighted by atomic mass is 10.2. The third-order valence-corrected chi connectivity index (χ3v) is 4.99. The van der Waals surface area contributed by atoms with Crippen molar-refractivity contribution in [1.29, 1.82) is 0 Å². The smallest absolute Gasteiger partial charge is 0.237 e. The molecule has 0 saturated carbocycles. The van der Waals surface area contributed by atoms with E-state index in [1.54, 1.807) is 35.9 Å². The molecule has 0 aliphatic carbocycles. The molecule has 10 heteroatoms. The normalized spacial score (nSPS) is 11.6. The van der Waals surface area contributed by atoms with Gasteiger partial charge < -0.3 is 15.4 Å². The third kappa shape index (κ3) is 5.57. The number of ether oxygens (including phenoxy) is 1. The zero-order chi connectivity index (χ0) is 21.5. The molecule has 0 fully saturated rings. The summed E-state index contributed by atoms with van der Waals surface area (Å²) >= 11 is 1.25. The Balaban J connectivity index is 1.63. The summed E-state index contributed by atoms with van der Waals surface area (Å²) in [4.78, 5) is 23.7. The Morgan fingerprint density at radius 1 is 1.07 bits per heavy atom. The molecular formula is C20H22N6O3S. The standard InChI is InChI=1S/C20H22N6O3S/c1-4-29-18-11-9-17(10-12-18)26-20(23-24-25-26)30-13(2)19(28)22-16-7-5-15(6-8-16)21-14(3)27/h5-13H,4H2,1-3H3,(H,21,27)(H,22,28)/t13-/m1/s1. The van der Waals surface area contributed by atoms with Crippen molar-refractivity contribution in [2.75, 3.05) is 17.2 Å². The monoisotopic (exact) mass is 426 g/mol. The van der Waals surface area contributed by atoms with E-state index in [0.717, 1.165) is 11.4 Å². The van der Waals surface area contributed by atoms with E-state index in [9.17, 15) is 9.59 Å². The van der Waals surface area contributed by atoms with E-state index in [-0.39, 0.29) is 11.8 Å². The molecule has 156 valence electrons. The molecule has 0 spiro atoms. The van der Waals surface area contributed by atoms with Gasteiger partial charge in [-0.25, -0.2) is 0 Å². The maximum atomic E-state index is 12.6. The third-order valence-electron chi connectivity index (χ3n) is 3.96. The second kappa shape index (κ2) is 9.88. The van der Waals surface area contributed by atoms with E-state index in [4.69, 9.17) is 4.74 Å². The summed E-state index contributed by atoms with van der Waals surface area (Å²) in [7, 11) is 0. The van der Waals surface area contributed by atoms with Crippen LogP contribution in [0.25, 0.3) is 5.69 Å². The van der Waals surface area contributed by atoms with Crippen molar-refractivity contribution in [3.63, 3.8) is 0 Å². The first-order valence-corrected chi connectivity index (χ1v) is 10.2. The first-order chi connectivity index (χ1) is 14.5. The Kier molecular flexibility index (Phi) is 7.02. The van der Waals surface area contributed by atoms with Crippen molar-refractivity contribution >= 4 is 35.0 Å². The number of hydrogen-bond acceptors (Lipinski definition) is 7. The Hall–Kier alpha value is -3.40. The first-order valence-electron chi connectivity index (χ1n) is 9.33. The van der Waals surface area contributed by atoms with Gasteiger partial charge in [-0.1, -0.05) is 11.8 Å². The molecule has 3 rings (SSSR count). The van der Waals surface area contributed by atoms with Gasteiger partial charge >= 0.3 is 0 Å². The van der Waals surface area contributed by atoms with E-state index < -0.39 is 5.25 Å². The van der Waals surface area contributed by atoms with Crippen molar-refractivity contribution in [3.8, 4) is 11.4 Å². The lowest BCUT2D eigenvalue weighted by Gasteiger charge is -2.12. The van der Waals surface area contributed by atoms with Crippen molar-refractivity contribution in [1.82, 2.24) is 20.2 Å². The van der Waals surface area contributed by atoms with Crippen LogP contribution in [0.15, 0.2) is 53.7 Å². The highest BCUT2D eigenvalue weighted by Crippen LogP contribution is 2.25. The summed E-state index contributed by atoms with van der Waals surface area (Å²) in [5.41, 5.74) is 2.07. The summed E-state index contributed by atoms with van der Waals surface area (Å²) in [5.74, 6) is 0.427. The number of amides is 2. The minimum Gasteiger partial charge on any atom is -0.494 e. The molecule has 0 unspecified atom stereocenters. The van der Waals surface area contributed by atoms with E-state index in [1.807, 2.05) is 31.2 Å². The van der Waals surface area contributed by atoms with Crippen LogP contribution < -0.4 is 15.4 Å². The van der Waals surface area contributed by atoms with Crippen LogP contribution in [0.4, 0.5) is 11.4 Å². The van der Waals surface area contributed by atoms with Crippen LogP contribution in [-0.4, -0.2) is 43.9 Å². The minimum atomic E-state index is -0.438. The summed E-state index contributed by atoms with van der Waals surface area (Å²) in [6.45, 7) is 5.74. The van der Waals surface area contributed by atoms with Crippen LogP contribution in [0.5, 0.6) is 5.75 Å². The summed E-state index contributed by atoms with van der Waals surface area (Å²) < 4.78 is 7.02. The number of nitrogens with zero attached hydrogens (tertiary/aromatic N) is 4. The molecule has 1 aromatic heterocycles. The van der Waals surface area contributed by atoms with Crippen LogP contribution in [0, 0.1) is 0 Å². The van der Waals surface area contributed by atoms with Gasteiger partial charge in [-0.2, -0.15) is 4.68 Å². The number of nitrogens with one attached hydrogen (secondary N) is 2. The molecule has 9 nitrogen and oxygen atoms in total. The summed E-state index contributed by atoms with van der Waals surface area (Å²) in [5, 5.41) is 17.4. The van der Waals surface area contributed by atoms with Gasteiger partial charge in [0.1, 0.15) is 5.75 Å². The van der Waals surface area contributed by atoms with Gasteiger partial charge in [-0.15, -0.1) is 5.10 Å². The van der Waals surface area contributed by atoms with E-state index in [2.05, 4.69) is 26.2 Å². The second-order valence-electron chi connectivity index (χ2n) is 6.31. The van der Waals surface area contributed by atoms with Gasteiger partial charge in [0, 0.05) is 18.3 Å². The van der Waals surface area contributed by atoms with E-state index >= 15 is 0 Å². The quantitative estimate of drug-likeness (QED) is 0.532. The number of carbonyl (C=O) groups is 2. The number of aromatic nitrogens is 4. The fourth-order valence-electron chi connectivity index (χ4n) is 2.56. The van der Waals surface area contributed by atoms with Crippen LogP contribution in [-0.2, 0) is 9.59 Å². The highest BCUT2D eigenvalue weighted by Gasteiger charge is 2.19. The fraction of sp³-hybridized carbons (Fsp3) is 0.250. The topological polar surface area (TPSA) is 111 Å². The zero-order valence-electron chi connectivity index (χ0n) is 16.8. The van der Waals surface area contributed by atoms with Gasteiger partial charge in [-0.05, 0) is 72.8 Å². The highest BCUT2D eigenvalue weighted by atomic mass is 32.2. The zero-order valence-corrected chi connectivity index (χ0v) is 17.6. The predicted octanol–water partition coefficient (Wildman–Crippen LogP) is 3.14. The van der Waals surface area contributed by atoms with Gasteiger partial charge in [0.05, 0.1) is 17.5 Å². The molecule has 2 N–H and O–H groups in total. The molecule has 3 aromatic rings. The molecule has 0 radical (unpaired) electrons. The maximum Gasteiger partial charge on any atom is 0.237 e. The van der Waals surface area contributed by atoms with Crippen LogP contribution in [0.2, 0.25) is 0 Å². The van der Waals surface area contributed by atoms with E-state index in [1.165, 1.54) is 18.7 Å². The van der Waals surface area contributed by atoms with Gasteiger partial charge in [0.2, 0.25) is 17.0 Å². The van der Waals surface area contributed by atoms with Gasteiger partial charge in [0.25, 0.3) is 0 Å². The summed E-state index contributed by atoms with van der Waals surface area (Å²) in [6.07, 6.45) is 0. The molecule has 30 heavy (non-hydrogen) atoms. The second-order valence-corrected chi connectivity index (χ2v) is 7.62. The molecule has 1 heterocycles. The van der Waals surface area contributed by atoms with Crippen LogP contribution in [0.3, 0.4) is 0 Å². The number of thioether (sulfide) groups is 1. The van der Waals surface area contributed by atoms with Crippen LogP contribution >= 0.6 is 11.8 Å². The summed E-state index contributed by atoms with van der Waals surface area (Å²) in [6, 6.07) is 14.3. The fourth-order valence-corrected chi connectivity index (χ4v) is 3.37. The number of rotatable bonds is 8. The number of anilines is 2. The molecular weight excluding hydrogens is 404 g/mol. The molecule has 2 amide bonds. The number of carbonyl (C=O) groups excluding carboxylic acids is 2. The van der Waals surface area contributed by atoms with E-state index in [0.29, 0.717) is 23.1 Å². The molecule has 0 saturated heterocycles. The van der Waals surface area contributed by atoms with Crippen molar-refractivity contribution in [3.05, 3.63) is 48.5 Å². The lowest BCUT2D eigenvalue weighted by Crippen LogP contribution is -2.23. The average Bonchev–Trinajstić information content (AvgIpc) is 3.18. The molecule has 2 aromatic carbocycles. The Morgan fingerprint density at radius 3 is 2.30 bits per heavy atom. The molecule has 0 aliphatic heterocycles. The molecule has 0 aliphatic rings. The number of hydrogen-bond donors (Lipinski definition) is 2. The van der Waals surface area contributed by atoms with Crippen molar-refractivity contribution in [2.45, 2.75) is 31.2 Å². The maximum absolute atomic E-state index is 12.6. The highest BCUT2D eigenvalue weighted by molar-refractivity contribution is 8.00. The Morgan fingerprint density at radius 2 is 1.70 bits per heavy atom. The van der Waals surface area contributed by atoms with Gasteiger partial charge in [-0.3, -0.25) is 9.59 Å². The largest absolute Gasteiger partial charge is 0.494 e. The SMILES string of the molecule is CCOc1ccc(-n2nnnc2S[C@H](C)C(=O)Nc2ccc(NC(C)=O)cc2)cc1. The van der Waals surface area contributed by atoms with Gasteiger partial charge in [0.15, 0.2) is 0 Å². The number of tetrazole rings is 1. The minimum absolute atomic E-state index is 0.151. The Labute approximate surface area is 178 Å². The van der Waals surface area contributed by atoms with Crippen molar-refractivity contribution < 1.29 is 14.3 Å². The molecule has 0 bridgehead atoms. The number of benzene rings is 2. The molecule has 1 atom stereocenters. The predicted molar refractivity (Wildman–Crippen MR) is 115 cm³/mol. The van der Waals surface area contributed by atoms with Crippen molar-refractivity contribution in [2.24, 2.45) is 0 Å².